The van der Waals surface area contributed by atoms with E-state index < -0.39 is 5.60 Å². The first-order valence-electron chi connectivity index (χ1n) is 8.18. The smallest absolute Gasteiger partial charge is 0.410 e. The van der Waals surface area contributed by atoms with Crippen LogP contribution < -0.4 is 0 Å². The molecule has 1 saturated carbocycles. The Hall–Kier alpha value is -1.06. The van der Waals surface area contributed by atoms with Crippen molar-refractivity contribution < 1.29 is 14.3 Å². The van der Waals surface area contributed by atoms with Crippen LogP contribution in [0, 0.1) is 29.6 Å². The minimum absolute atomic E-state index is 0.205. The predicted octanol–water partition coefficient (Wildman–Crippen LogP) is 3.35. The summed E-state index contributed by atoms with van der Waals surface area (Å²) < 4.78 is 5.42. The normalized spacial score (nSPS) is 30.4. The van der Waals surface area contributed by atoms with E-state index in [2.05, 4.69) is 13.8 Å². The summed E-state index contributed by atoms with van der Waals surface area (Å²) in [4.78, 5) is 25.0. The first-order valence-corrected chi connectivity index (χ1v) is 8.18. The van der Waals surface area contributed by atoms with Gasteiger partial charge in [0.2, 0.25) is 0 Å². The summed E-state index contributed by atoms with van der Waals surface area (Å²) in [7, 11) is 0. The van der Waals surface area contributed by atoms with Crippen molar-refractivity contribution in [3.8, 4) is 0 Å². The Morgan fingerprint density at radius 1 is 1.24 bits per heavy atom. The second-order valence-electron chi connectivity index (χ2n) is 7.92. The van der Waals surface area contributed by atoms with Crippen LogP contribution >= 0.6 is 0 Å². The summed E-state index contributed by atoms with van der Waals surface area (Å²) in [5.74, 6) is 2.52. The van der Waals surface area contributed by atoms with Crippen molar-refractivity contribution in [3.63, 3.8) is 0 Å². The van der Waals surface area contributed by atoms with E-state index in [-0.39, 0.29) is 12.0 Å². The van der Waals surface area contributed by atoms with E-state index in [1.165, 1.54) is 0 Å². The van der Waals surface area contributed by atoms with E-state index >= 15 is 0 Å². The zero-order chi connectivity index (χ0) is 15.8. The first kappa shape index (κ1) is 16.3. The van der Waals surface area contributed by atoms with E-state index in [1.54, 1.807) is 0 Å². The van der Waals surface area contributed by atoms with Gasteiger partial charge in [0.25, 0.3) is 0 Å². The highest BCUT2D eigenvalue weighted by Crippen LogP contribution is 2.56. The molecule has 4 heteroatoms. The molecule has 120 valence electrons. The highest BCUT2D eigenvalue weighted by molar-refractivity contribution is 5.68. The van der Waals surface area contributed by atoms with Crippen molar-refractivity contribution in [1.82, 2.24) is 4.90 Å². The molecule has 0 aromatic carbocycles. The second-order valence-corrected chi connectivity index (χ2v) is 7.92. The molecule has 21 heavy (non-hydrogen) atoms. The van der Waals surface area contributed by atoms with Crippen molar-refractivity contribution in [1.29, 1.82) is 0 Å². The fraction of sp³-hybridized carbons (Fsp3) is 0.882. The Morgan fingerprint density at radius 3 is 2.19 bits per heavy atom. The van der Waals surface area contributed by atoms with Gasteiger partial charge in [-0.3, -0.25) is 0 Å². The van der Waals surface area contributed by atoms with Crippen LogP contribution in [0.3, 0.4) is 0 Å². The maximum Gasteiger partial charge on any atom is 0.410 e. The summed E-state index contributed by atoms with van der Waals surface area (Å²) >= 11 is 0. The average molecular weight is 295 g/mol. The monoisotopic (exact) mass is 295 g/mol. The highest BCUT2D eigenvalue weighted by Gasteiger charge is 2.55. The third-order valence-corrected chi connectivity index (χ3v) is 4.86. The van der Waals surface area contributed by atoms with Gasteiger partial charge in [0.1, 0.15) is 11.9 Å². The van der Waals surface area contributed by atoms with Gasteiger partial charge in [0.05, 0.1) is 0 Å². The summed E-state index contributed by atoms with van der Waals surface area (Å²) in [6.45, 7) is 11.6. The minimum atomic E-state index is -0.435. The van der Waals surface area contributed by atoms with Crippen LogP contribution in [0.25, 0.3) is 0 Å². The van der Waals surface area contributed by atoms with Crippen molar-refractivity contribution in [2.75, 3.05) is 13.1 Å². The lowest BCUT2D eigenvalue weighted by Crippen LogP contribution is -2.42. The molecule has 2 aliphatic rings. The van der Waals surface area contributed by atoms with Crippen molar-refractivity contribution >= 4 is 12.4 Å². The number of nitrogens with zero attached hydrogens (tertiary/aromatic N) is 1. The van der Waals surface area contributed by atoms with Crippen LogP contribution in [0.1, 0.15) is 47.5 Å². The van der Waals surface area contributed by atoms with Gasteiger partial charge in [-0.1, -0.05) is 13.8 Å². The highest BCUT2D eigenvalue weighted by atomic mass is 16.6. The van der Waals surface area contributed by atoms with E-state index in [9.17, 15) is 9.59 Å². The predicted molar refractivity (Wildman–Crippen MR) is 81.9 cm³/mol. The molecule has 0 aromatic rings. The van der Waals surface area contributed by atoms with Crippen LogP contribution in [-0.2, 0) is 9.53 Å². The van der Waals surface area contributed by atoms with Crippen LogP contribution in [0.4, 0.5) is 4.79 Å². The largest absolute Gasteiger partial charge is 0.444 e. The molecule has 0 N–H and O–H groups in total. The molecule has 4 nitrogen and oxygen atoms in total. The topological polar surface area (TPSA) is 46.6 Å². The number of rotatable bonds is 3. The number of carbonyl (C=O) groups is 2. The van der Waals surface area contributed by atoms with Crippen LogP contribution in [0.2, 0.25) is 0 Å². The molecular formula is C17H29NO3. The molecule has 1 saturated heterocycles. The number of amides is 1. The van der Waals surface area contributed by atoms with E-state index in [4.69, 9.17) is 4.74 Å². The van der Waals surface area contributed by atoms with Gasteiger partial charge in [-0.2, -0.15) is 0 Å². The molecule has 2 rings (SSSR count). The molecule has 2 fully saturated rings. The summed E-state index contributed by atoms with van der Waals surface area (Å²) in [6.07, 6.45) is 2.94. The Kier molecular flexibility index (Phi) is 4.64. The summed E-state index contributed by atoms with van der Waals surface area (Å²) in [5.41, 5.74) is -0.435. The van der Waals surface area contributed by atoms with Gasteiger partial charge in [0.15, 0.2) is 0 Å². The van der Waals surface area contributed by atoms with Gasteiger partial charge < -0.3 is 14.4 Å². The maximum absolute atomic E-state index is 12.0. The van der Waals surface area contributed by atoms with Gasteiger partial charge in [-0.05, 0) is 57.3 Å². The lowest BCUT2D eigenvalue weighted by Gasteiger charge is -2.34. The number of hydrogen-bond acceptors (Lipinski definition) is 3. The average Bonchev–Trinajstić information content (AvgIpc) is 3.11. The minimum Gasteiger partial charge on any atom is -0.444 e. The van der Waals surface area contributed by atoms with Gasteiger partial charge in [-0.25, -0.2) is 4.79 Å². The number of carbonyl (C=O) groups excluding carboxylic acids is 2. The molecule has 0 aromatic heterocycles. The van der Waals surface area contributed by atoms with Crippen molar-refractivity contribution in [2.24, 2.45) is 29.6 Å². The van der Waals surface area contributed by atoms with E-state index in [0.29, 0.717) is 23.7 Å². The molecule has 0 spiro atoms. The van der Waals surface area contributed by atoms with Crippen molar-refractivity contribution in [2.45, 2.75) is 53.1 Å². The fourth-order valence-electron chi connectivity index (χ4n) is 3.88. The molecule has 1 aliphatic carbocycles. The fourth-order valence-corrected chi connectivity index (χ4v) is 3.88. The lowest BCUT2D eigenvalue weighted by atomic mass is 9.89. The van der Waals surface area contributed by atoms with E-state index in [0.717, 1.165) is 32.2 Å². The molecule has 3 atom stereocenters. The molecule has 1 heterocycles. The van der Waals surface area contributed by atoms with Gasteiger partial charge in [-0.15, -0.1) is 0 Å². The Bertz CT molecular complexity index is 391. The zero-order valence-corrected chi connectivity index (χ0v) is 14.0. The molecule has 0 radical (unpaired) electrons. The zero-order valence-electron chi connectivity index (χ0n) is 14.0. The van der Waals surface area contributed by atoms with Crippen LogP contribution in [0.15, 0.2) is 0 Å². The van der Waals surface area contributed by atoms with E-state index in [1.807, 2.05) is 25.7 Å². The quantitative estimate of drug-likeness (QED) is 0.750. The number of hydrogen-bond donors (Lipinski definition) is 0. The Morgan fingerprint density at radius 2 is 1.81 bits per heavy atom. The van der Waals surface area contributed by atoms with Gasteiger partial charge >= 0.3 is 6.09 Å². The SMILES string of the molecule is CC(C)C1C(C=O)C1C1CCN(C(=O)OC(C)(C)C)CC1. The lowest BCUT2D eigenvalue weighted by molar-refractivity contribution is -0.109. The standard InChI is InChI=1S/C17H29NO3/c1-11(2)14-13(10-19)15(14)12-6-8-18(9-7-12)16(20)21-17(3,4)5/h10-15H,6-9H2,1-5H3. The Labute approximate surface area is 128 Å². The molecule has 1 amide bonds. The summed E-state index contributed by atoms with van der Waals surface area (Å²) in [5, 5.41) is 0. The van der Waals surface area contributed by atoms with Crippen LogP contribution in [0.5, 0.6) is 0 Å². The second kappa shape index (κ2) is 5.98. The molecule has 0 bridgehead atoms. The third kappa shape index (κ3) is 3.78. The van der Waals surface area contributed by atoms with Crippen molar-refractivity contribution in [3.05, 3.63) is 0 Å². The number of aldehydes is 1. The Balaban J connectivity index is 1.84. The third-order valence-electron chi connectivity index (χ3n) is 4.86. The maximum atomic E-state index is 12.0. The molecule has 3 unspecified atom stereocenters. The molecular weight excluding hydrogens is 266 g/mol. The number of ether oxygens (including phenoxy) is 1. The van der Waals surface area contributed by atoms with Gasteiger partial charge in [0, 0.05) is 19.0 Å². The summed E-state index contributed by atoms with van der Waals surface area (Å²) in [6, 6.07) is 0. The first-order chi connectivity index (χ1) is 9.74. The number of likely N-dealkylation sites (tertiary alicyclic amines) is 1. The van der Waals surface area contributed by atoms with Crippen LogP contribution in [-0.4, -0.2) is 36.0 Å². The number of piperidine rings is 1. The molecule has 1 aliphatic heterocycles.